The van der Waals surface area contributed by atoms with Crippen molar-refractivity contribution in [1.29, 1.82) is 0 Å². The molecule has 118 valence electrons. The van der Waals surface area contributed by atoms with Crippen LogP contribution in [0.25, 0.3) is 0 Å². The van der Waals surface area contributed by atoms with Gasteiger partial charge in [-0.05, 0) is 13.3 Å². The Kier molecular flexibility index (Phi) is 11.7. The quantitative estimate of drug-likeness (QED) is 0.182. The zero-order valence-corrected chi connectivity index (χ0v) is 14.1. The van der Waals surface area contributed by atoms with Gasteiger partial charge in [0.2, 0.25) is 0 Å². The fraction of sp³-hybridized carbons (Fsp3) is 0.786. The first-order valence-corrected chi connectivity index (χ1v) is 9.11. The monoisotopic (exact) mass is 304 g/mol. The predicted molar refractivity (Wildman–Crippen MR) is 80.2 cm³/mol. The number of carbonyl (C=O) groups is 1. The van der Waals surface area contributed by atoms with Crippen LogP contribution in [-0.2, 0) is 22.8 Å². The lowest BCUT2D eigenvalue weighted by Crippen LogP contribution is -2.44. The van der Waals surface area contributed by atoms with Gasteiger partial charge in [0, 0.05) is 26.3 Å². The number of ether oxygens (including phenoxy) is 1. The smallest absolute Gasteiger partial charge is 0.436 e. The molecule has 20 heavy (non-hydrogen) atoms. The zero-order chi connectivity index (χ0) is 15.3. The Morgan fingerprint density at radius 3 is 2.30 bits per heavy atom. The molecule has 0 aliphatic heterocycles. The van der Waals surface area contributed by atoms with Gasteiger partial charge in [-0.1, -0.05) is 38.7 Å². The lowest BCUT2D eigenvalue weighted by atomic mass is 10.2. The molecule has 5 nitrogen and oxygen atoms in total. The van der Waals surface area contributed by atoms with Crippen LogP contribution >= 0.6 is 0 Å². The van der Waals surface area contributed by atoms with Gasteiger partial charge in [-0.3, -0.25) is 0 Å². The molecule has 0 rings (SSSR count). The van der Waals surface area contributed by atoms with Crippen LogP contribution in [0.1, 0.15) is 46.0 Å². The summed E-state index contributed by atoms with van der Waals surface area (Å²) in [5.74, 6) is -0.425. The summed E-state index contributed by atoms with van der Waals surface area (Å²) in [7, 11) is 0.463. The van der Waals surface area contributed by atoms with Crippen LogP contribution in [0, 0.1) is 0 Å². The summed E-state index contributed by atoms with van der Waals surface area (Å²) in [4.78, 5) is 11.2. The van der Waals surface area contributed by atoms with E-state index in [4.69, 9.17) is 18.0 Å². The van der Waals surface area contributed by atoms with Gasteiger partial charge in [0.25, 0.3) is 0 Å². The molecule has 0 amide bonds. The van der Waals surface area contributed by atoms with Gasteiger partial charge in [-0.25, -0.2) is 4.79 Å². The molecule has 0 aromatic carbocycles. The second-order valence-corrected chi connectivity index (χ2v) is 7.45. The molecule has 0 atom stereocenters. The van der Waals surface area contributed by atoms with Gasteiger partial charge in [-0.15, -0.1) is 0 Å². The van der Waals surface area contributed by atoms with E-state index in [9.17, 15) is 4.79 Å². The summed E-state index contributed by atoms with van der Waals surface area (Å²) in [5.41, 5.74) is 0. The highest BCUT2D eigenvalue weighted by atomic mass is 28.4. The Hall–Kier alpha value is -0.693. The first-order chi connectivity index (χ1) is 9.64. The normalized spacial score (nSPS) is 12.0. The third kappa shape index (κ3) is 8.47. The Morgan fingerprint density at radius 1 is 1.10 bits per heavy atom. The Morgan fingerprint density at radius 2 is 1.75 bits per heavy atom. The summed E-state index contributed by atoms with van der Waals surface area (Å²) in [5, 5.41) is 0. The molecule has 0 N–H and O–H groups in total. The Balaban J connectivity index is 4.07. The largest absolute Gasteiger partial charge is 0.502 e. The van der Waals surface area contributed by atoms with E-state index in [1.165, 1.54) is 25.3 Å². The number of esters is 1. The summed E-state index contributed by atoms with van der Waals surface area (Å²) in [6.45, 7) is 3.80. The fourth-order valence-corrected chi connectivity index (χ4v) is 3.66. The van der Waals surface area contributed by atoms with Crippen molar-refractivity contribution >= 4 is 14.8 Å². The molecular weight excluding hydrogens is 276 g/mol. The molecule has 0 saturated carbocycles. The average molecular weight is 304 g/mol. The summed E-state index contributed by atoms with van der Waals surface area (Å²) in [6, 6.07) is 0.741. The van der Waals surface area contributed by atoms with E-state index in [2.05, 4.69) is 6.92 Å². The van der Waals surface area contributed by atoms with Crippen LogP contribution in [0.4, 0.5) is 0 Å². The highest BCUT2D eigenvalue weighted by molar-refractivity contribution is 6.60. The highest BCUT2D eigenvalue weighted by Gasteiger charge is 2.38. The van der Waals surface area contributed by atoms with Crippen molar-refractivity contribution in [2.24, 2.45) is 0 Å². The van der Waals surface area contributed by atoms with Crippen molar-refractivity contribution in [3.8, 4) is 0 Å². The Labute approximate surface area is 123 Å². The van der Waals surface area contributed by atoms with E-state index in [0.29, 0.717) is 0 Å². The predicted octanol–water partition coefficient (Wildman–Crippen LogP) is 3.28. The van der Waals surface area contributed by atoms with E-state index >= 15 is 0 Å². The van der Waals surface area contributed by atoms with Gasteiger partial charge in [0.1, 0.15) is 0 Å². The molecule has 0 fully saturated rings. The lowest BCUT2D eigenvalue weighted by molar-refractivity contribution is -0.146. The van der Waals surface area contributed by atoms with Crippen molar-refractivity contribution in [3.63, 3.8) is 0 Å². The SMILES string of the molecule is CC=CC(=O)OCO[Si](CCCCCCC)(OC)OC. The van der Waals surface area contributed by atoms with Crippen molar-refractivity contribution in [2.45, 2.75) is 52.0 Å². The third-order valence-corrected chi connectivity index (χ3v) is 5.76. The topological polar surface area (TPSA) is 54.0 Å². The number of unbranched alkanes of at least 4 members (excludes halogenated alkanes) is 4. The van der Waals surface area contributed by atoms with Crippen LogP contribution in [-0.4, -0.2) is 35.8 Å². The minimum Gasteiger partial charge on any atom is -0.436 e. The maximum atomic E-state index is 11.2. The zero-order valence-electron chi connectivity index (χ0n) is 13.1. The van der Waals surface area contributed by atoms with Crippen molar-refractivity contribution in [2.75, 3.05) is 21.0 Å². The molecule has 0 saturated heterocycles. The number of allylic oxidation sites excluding steroid dienone is 1. The summed E-state index contributed by atoms with van der Waals surface area (Å²) < 4.78 is 21.3. The number of carbonyl (C=O) groups excluding carboxylic acids is 1. The van der Waals surface area contributed by atoms with Gasteiger partial charge in [-0.2, -0.15) is 0 Å². The van der Waals surface area contributed by atoms with Crippen LogP contribution in [0.2, 0.25) is 6.04 Å². The van der Waals surface area contributed by atoms with Gasteiger partial charge >= 0.3 is 14.8 Å². The van der Waals surface area contributed by atoms with Crippen LogP contribution in [0.3, 0.4) is 0 Å². The molecule has 0 bridgehead atoms. The first-order valence-electron chi connectivity index (χ1n) is 7.17. The molecule has 0 aromatic rings. The van der Waals surface area contributed by atoms with Crippen LogP contribution < -0.4 is 0 Å². The van der Waals surface area contributed by atoms with Gasteiger partial charge in [0.15, 0.2) is 6.79 Å². The highest BCUT2D eigenvalue weighted by Crippen LogP contribution is 2.19. The lowest BCUT2D eigenvalue weighted by Gasteiger charge is -2.25. The van der Waals surface area contributed by atoms with E-state index in [0.717, 1.165) is 18.9 Å². The maximum Gasteiger partial charge on any atom is 0.502 e. The molecule has 0 unspecified atom stereocenters. The number of rotatable bonds is 12. The van der Waals surface area contributed by atoms with Gasteiger partial charge < -0.3 is 18.0 Å². The van der Waals surface area contributed by atoms with E-state index in [1.54, 1.807) is 27.2 Å². The molecule has 0 aliphatic carbocycles. The molecular formula is C14H28O5Si. The third-order valence-electron chi connectivity index (χ3n) is 2.99. The van der Waals surface area contributed by atoms with E-state index in [-0.39, 0.29) is 6.79 Å². The molecule has 0 radical (unpaired) electrons. The molecule has 0 heterocycles. The molecule has 0 aromatic heterocycles. The van der Waals surface area contributed by atoms with Crippen molar-refractivity contribution < 1.29 is 22.8 Å². The fourth-order valence-electron chi connectivity index (χ4n) is 1.78. The van der Waals surface area contributed by atoms with Crippen molar-refractivity contribution in [3.05, 3.63) is 12.2 Å². The maximum absolute atomic E-state index is 11.2. The number of hydrogen-bond donors (Lipinski definition) is 0. The standard InChI is InChI=1S/C14H28O5Si/c1-5-7-8-9-10-12-20(16-3,17-4)19-13-18-14(15)11-6-2/h6,11H,5,7-10,12-13H2,1-4H3. The minimum atomic E-state index is -2.69. The van der Waals surface area contributed by atoms with Crippen LogP contribution in [0.15, 0.2) is 12.2 Å². The van der Waals surface area contributed by atoms with Crippen LogP contribution in [0.5, 0.6) is 0 Å². The second-order valence-electron chi connectivity index (χ2n) is 4.48. The average Bonchev–Trinajstić information content (AvgIpc) is 2.45. The van der Waals surface area contributed by atoms with E-state index < -0.39 is 14.8 Å². The molecule has 0 spiro atoms. The minimum absolute atomic E-state index is 0.133. The summed E-state index contributed by atoms with van der Waals surface area (Å²) >= 11 is 0. The van der Waals surface area contributed by atoms with E-state index in [1.807, 2.05) is 0 Å². The second kappa shape index (κ2) is 12.1. The summed E-state index contributed by atoms with van der Waals surface area (Å²) in [6.07, 6.45) is 8.77. The molecule has 0 aliphatic rings. The Bertz CT molecular complexity index is 277. The first kappa shape index (κ1) is 19.3. The molecule has 6 heteroatoms. The number of hydrogen-bond acceptors (Lipinski definition) is 5. The van der Waals surface area contributed by atoms with Crippen molar-refractivity contribution in [1.82, 2.24) is 0 Å². The van der Waals surface area contributed by atoms with Gasteiger partial charge in [0.05, 0.1) is 0 Å².